The molecular weight excluding hydrogens is 316 g/mol. The number of carbonyl (C=O) groups excluding carboxylic acids is 2. The molecule has 10 nitrogen and oxygen atoms in total. The zero-order chi connectivity index (χ0) is 17.1. The second-order valence-corrected chi connectivity index (χ2v) is 7.47. The SMILES string of the molecule is CNC(=O)OC(=NC(=O)OC(C)(C)C)N1CC(S(N)(=O)=O)C1. The number of aliphatic imine (C=N–C) groups is 1. The Kier molecular flexibility index (Phi) is 5.35. The molecule has 22 heavy (non-hydrogen) atoms. The Morgan fingerprint density at radius 2 is 1.86 bits per heavy atom. The van der Waals surface area contributed by atoms with E-state index in [0.717, 1.165) is 0 Å². The summed E-state index contributed by atoms with van der Waals surface area (Å²) in [5, 5.41) is 6.41. The van der Waals surface area contributed by atoms with Gasteiger partial charge in [0, 0.05) is 20.1 Å². The van der Waals surface area contributed by atoms with Crippen molar-refractivity contribution in [2.24, 2.45) is 10.1 Å². The maximum Gasteiger partial charge on any atom is 0.438 e. The van der Waals surface area contributed by atoms with Crippen LogP contribution < -0.4 is 10.5 Å². The number of amides is 2. The van der Waals surface area contributed by atoms with E-state index in [2.05, 4.69) is 10.3 Å². The first kappa shape index (κ1) is 18.2. The first-order valence-corrected chi connectivity index (χ1v) is 8.01. The van der Waals surface area contributed by atoms with E-state index in [-0.39, 0.29) is 19.1 Å². The lowest BCUT2D eigenvalue weighted by Gasteiger charge is -2.38. The molecule has 0 aliphatic carbocycles. The highest BCUT2D eigenvalue weighted by Gasteiger charge is 2.39. The number of carbonyl (C=O) groups is 2. The zero-order valence-corrected chi connectivity index (χ0v) is 13.6. The summed E-state index contributed by atoms with van der Waals surface area (Å²) in [6.45, 7) is 4.90. The van der Waals surface area contributed by atoms with Gasteiger partial charge in [0.25, 0.3) is 0 Å². The number of primary sulfonamides is 1. The molecule has 126 valence electrons. The summed E-state index contributed by atoms with van der Waals surface area (Å²) in [5.41, 5.74) is -0.767. The van der Waals surface area contributed by atoms with Crippen LogP contribution in [0.1, 0.15) is 20.8 Å². The Labute approximate surface area is 128 Å². The molecule has 0 aromatic rings. The van der Waals surface area contributed by atoms with E-state index in [1.807, 2.05) is 0 Å². The normalized spacial score (nSPS) is 16.8. The number of nitrogens with zero attached hydrogens (tertiary/aromatic N) is 2. The van der Waals surface area contributed by atoms with Crippen LogP contribution in [0.15, 0.2) is 4.99 Å². The molecule has 0 aromatic heterocycles. The predicted molar refractivity (Wildman–Crippen MR) is 77.7 cm³/mol. The van der Waals surface area contributed by atoms with Crippen LogP contribution in [-0.4, -0.2) is 62.5 Å². The van der Waals surface area contributed by atoms with Gasteiger partial charge in [0.1, 0.15) is 10.9 Å². The molecule has 1 aliphatic rings. The summed E-state index contributed by atoms with van der Waals surface area (Å²) in [7, 11) is -2.36. The van der Waals surface area contributed by atoms with E-state index in [1.54, 1.807) is 20.8 Å². The minimum absolute atomic E-state index is 0.0303. The lowest BCUT2D eigenvalue weighted by atomic mass is 10.2. The fraction of sp³-hybridized carbons (Fsp3) is 0.727. The highest BCUT2D eigenvalue weighted by atomic mass is 32.2. The topological polar surface area (TPSA) is 140 Å². The van der Waals surface area contributed by atoms with Crippen LogP contribution in [0.2, 0.25) is 0 Å². The molecule has 0 atom stereocenters. The van der Waals surface area contributed by atoms with Gasteiger partial charge in [-0.3, -0.25) is 0 Å². The Morgan fingerprint density at radius 1 is 1.32 bits per heavy atom. The third-order valence-electron chi connectivity index (χ3n) is 2.55. The van der Waals surface area contributed by atoms with Gasteiger partial charge in [-0.05, 0) is 20.8 Å². The highest BCUT2D eigenvalue weighted by Crippen LogP contribution is 2.16. The number of nitrogens with two attached hydrogens (primary N) is 1. The number of sulfonamides is 1. The molecule has 1 aliphatic heterocycles. The number of hydrogen-bond donors (Lipinski definition) is 2. The highest BCUT2D eigenvalue weighted by molar-refractivity contribution is 7.89. The van der Waals surface area contributed by atoms with Gasteiger partial charge in [-0.25, -0.2) is 23.1 Å². The predicted octanol–water partition coefficient (Wildman–Crippen LogP) is -0.394. The first-order chi connectivity index (χ1) is 9.92. The summed E-state index contributed by atoms with van der Waals surface area (Å²) in [5.74, 6) is 0. The molecule has 0 aromatic carbocycles. The summed E-state index contributed by atoms with van der Waals surface area (Å²) < 4.78 is 32.2. The van der Waals surface area contributed by atoms with Gasteiger partial charge in [-0.15, -0.1) is 4.99 Å². The second-order valence-electron chi connectivity index (χ2n) is 5.63. The van der Waals surface area contributed by atoms with Crippen molar-refractivity contribution in [3.05, 3.63) is 0 Å². The number of nitrogens with one attached hydrogen (secondary N) is 1. The largest absolute Gasteiger partial charge is 0.442 e. The van der Waals surface area contributed by atoms with E-state index in [1.165, 1.54) is 11.9 Å². The molecule has 1 fully saturated rings. The second kappa shape index (κ2) is 6.48. The molecule has 0 saturated carbocycles. The minimum atomic E-state index is -3.69. The third kappa shape index (κ3) is 5.48. The number of likely N-dealkylation sites (tertiary alicyclic amines) is 1. The lowest BCUT2D eigenvalue weighted by Crippen LogP contribution is -2.59. The van der Waals surface area contributed by atoms with Crippen LogP contribution in [-0.2, 0) is 19.5 Å². The van der Waals surface area contributed by atoms with Crippen LogP contribution in [0.3, 0.4) is 0 Å². The Hall–Kier alpha value is -1.88. The van der Waals surface area contributed by atoms with Crippen molar-refractivity contribution in [1.29, 1.82) is 0 Å². The van der Waals surface area contributed by atoms with Crippen LogP contribution in [0.4, 0.5) is 9.59 Å². The average Bonchev–Trinajstić information content (AvgIpc) is 2.21. The van der Waals surface area contributed by atoms with Gasteiger partial charge in [0.05, 0.1) is 0 Å². The van der Waals surface area contributed by atoms with Crippen LogP contribution in [0.5, 0.6) is 0 Å². The summed E-state index contributed by atoms with van der Waals surface area (Å²) in [4.78, 5) is 27.8. The van der Waals surface area contributed by atoms with Crippen molar-refractivity contribution >= 4 is 28.2 Å². The average molecular weight is 336 g/mol. The Morgan fingerprint density at radius 3 is 2.27 bits per heavy atom. The van der Waals surface area contributed by atoms with Crippen molar-refractivity contribution in [1.82, 2.24) is 10.2 Å². The molecule has 3 N–H and O–H groups in total. The number of rotatable bonds is 1. The molecule has 1 rings (SSSR count). The molecule has 2 amide bonds. The van der Waals surface area contributed by atoms with Gasteiger partial charge in [0.15, 0.2) is 0 Å². The van der Waals surface area contributed by atoms with Gasteiger partial charge >= 0.3 is 18.2 Å². The molecule has 0 radical (unpaired) electrons. The van der Waals surface area contributed by atoms with Crippen molar-refractivity contribution in [2.45, 2.75) is 31.6 Å². The number of ether oxygens (including phenoxy) is 2. The molecular formula is C11H20N4O6S. The number of amidine groups is 1. The van der Waals surface area contributed by atoms with Crippen molar-refractivity contribution in [2.75, 3.05) is 20.1 Å². The molecule has 0 spiro atoms. The smallest absolute Gasteiger partial charge is 0.438 e. The summed E-state index contributed by atoms with van der Waals surface area (Å²) >= 11 is 0. The minimum Gasteiger partial charge on any atom is -0.442 e. The summed E-state index contributed by atoms with van der Waals surface area (Å²) in [6, 6.07) is -0.339. The quantitative estimate of drug-likeness (QED) is 0.490. The molecule has 0 unspecified atom stereocenters. The molecule has 11 heteroatoms. The Balaban J connectivity index is 2.82. The van der Waals surface area contributed by atoms with Crippen molar-refractivity contribution < 1.29 is 27.5 Å². The fourth-order valence-corrected chi connectivity index (χ4v) is 2.23. The zero-order valence-electron chi connectivity index (χ0n) is 12.8. The lowest BCUT2D eigenvalue weighted by molar-refractivity contribution is 0.0594. The van der Waals surface area contributed by atoms with Crippen LogP contribution in [0, 0.1) is 0 Å². The van der Waals surface area contributed by atoms with Crippen LogP contribution >= 0.6 is 0 Å². The van der Waals surface area contributed by atoms with E-state index in [9.17, 15) is 18.0 Å². The van der Waals surface area contributed by atoms with E-state index in [0.29, 0.717) is 0 Å². The molecule has 0 bridgehead atoms. The summed E-state index contributed by atoms with van der Waals surface area (Å²) in [6.07, 6.45) is -1.80. The van der Waals surface area contributed by atoms with Crippen molar-refractivity contribution in [3.63, 3.8) is 0 Å². The van der Waals surface area contributed by atoms with E-state index < -0.39 is 33.1 Å². The van der Waals surface area contributed by atoms with Crippen molar-refractivity contribution in [3.8, 4) is 0 Å². The van der Waals surface area contributed by atoms with Gasteiger partial charge < -0.3 is 19.7 Å². The van der Waals surface area contributed by atoms with Gasteiger partial charge in [-0.2, -0.15) is 0 Å². The van der Waals surface area contributed by atoms with Gasteiger partial charge in [0.2, 0.25) is 10.0 Å². The number of alkyl carbamates (subject to hydrolysis) is 1. The Bertz CT molecular complexity index is 574. The maximum atomic E-state index is 11.7. The standard InChI is InChI=1S/C11H20N4O6S/c1-11(2,3)21-10(17)14-8(20-9(16)13-4)15-5-7(6-15)22(12,18)19/h7H,5-6H2,1-4H3,(H,13,16)(H2,12,18,19). The van der Waals surface area contributed by atoms with E-state index in [4.69, 9.17) is 14.6 Å². The monoisotopic (exact) mass is 336 g/mol. The maximum absolute atomic E-state index is 11.7. The van der Waals surface area contributed by atoms with Crippen LogP contribution in [0.25, 0.3) is 0 Å². The molecule has 1 saturated heterocycles. The molecule has 1 heterocycles. The first-order valence-electron chi connectivity index (χ1n) is 6.40. The number of hydrogen-bond acceptors (Lipinski definition) is 6. The van der Waals surface area contributed by atoms with E-state index >= 15 is 0 Å². The fourth-order valence-electron chi connectivity index (χ4n) is 1.46. The third-order valence-corrected chi connectivity index (χ3v) is 3.78. The van der Waals surface area contributed by atoms with Gasteiger partial charge in [-0.1, -0.05) is 0 Å².